The zero-order chi connectivity index (χ0) is 12.1. The van der Waals surface area contributed by atoms with Gasteiger partial charge in [-0.25, -0.2) is 9.37 Å². The van der Waals surface area contributed by atoms with Crippen LogP contribution < -0.4 is 4.90 Å². The smallest absolute Gasteiger partial charge is 0.141 e. The maximum atomic E-state index is 12.8. The predicted octanol–water partition coefficient (Wildman–Crippen LogP) is 2.13. The number of halogens is 2. The molecule has 0 aliphatic carbocycles. The van der Waals surface area contributed by atoms with Gasteiger partial charge in [0.05, 0.1) is 6.20 Å². The van der Waals surface area contributed by atoms with Crippen LogP contribution in [0.15, 0.2) is 18.3 Å². The summed E-state index contributed by atoms with van der Waals surface area (Å²) in [6, 6.07) is 3.24. The summed E-state index contributed by atoms with van der Waals surface area (Å²) >= 11 is 3.47. The standard InChI is InChI=1S/C12H17BrFN3/c13-4-7-16-5-1-6-17(9-8-16)12-3-2-11(14)10-15-12/h2-3,10H,1,4-9H2. The van der Waals surface area contributed by atoms with Crippen molar-refractivity contribution in [2.24, 2.45) is 0 Å². The summed E-state index contributed by atoms with van der Waals surface area (Å²) in [5, 5.41) is 1.02. The highest BCUT2D eigenvalue weighted by Gasteiger charge is 2.15. The number of pyridine rings is 1. The largest absolute Gasteiger partial charge is 0.355 e. The highest BCUT2D eigenvalue weighted by Crippen LogP contribution is 2.13. The van der Waals surface area contributed by atoms with Crippen LogP contribution in [0.25, 0.3) is 0 Å². The molecular weight excluding hydrogens is 285 g/mol. The quantitative estimate of drug-likeness (QED) is 0.797. The Balaban J connectivity index is 1.96. The van der Waals surface area contributed by atoms with E-state index in [0.29, 0.717) is 0 Å². The Bertz CT molecular complexity index is 344. The molecule has 94 valence electrons. The van der Waals surface area contributed by atoms with Crippen LogP contribution in [0.2, 0.25) is 0 Å². The first-order valence-corrected chi connectivity index (χ1v) is 7.06. The Hall–Kier alpha value is -0.680. The van der Waals surface area contributed by atoms with E-state index in [4.69, 9.17) is 0 Å². The molecule has 0 radical (unpaired) electrons. The van der Waals surface area contributed by atoms with Gasteiger partial charge in [-0.15, -0.1) is 0 Å². The minimum absolute atomic E-state index is 0.274. The van der Waals surface area contributed by atoms with E-state index >= 15 is 0 Å². The van der Waals surface area contributed by atoms with E-state index in [9.17, 15) is 4.39 Å². The highest BCUT2D eigenvalue weighted by molar-refractivity contribution is 9.09. The molecule has 1 aliphatic heterocycles. The third kappa shape index (κ3) is 3.64. The van der Waals surface area contributed by atoms with Gasteiger partial charge < -0.3 is 9.80 Å². The maximum absolute atomic E-state index is 12.8. The Morgan fingerprint density at radius 2 is 2.12 bits per heavy atom. The first kappa shape index (κ1) is 12.8. The molecule has 1 aromatic heterocycles. The summed E-state index contributed by atoms with van der Waals surface area (Å²) in [7, 11) is 0. The third-order valence-electron chi connectivity index (χ3n) is 3.03. The van der Waals surface area contributed by atoms with Crippen LogP contribution in [0.1, 0.15) is 6.42 Å². The van der Waals surface area contributed by atoms with Crippen LogP contribution in [0, 0.1) is 5.82 Å². The van der Waals surface area contributed by atoms with Gasteiger partial charge in [-0.1, -0.05) is 15.9 Å². The van der Waals surface area contributed by atoms with Crippen LogP contribution in [0.4, 0.5) is 10.2 Å². The minimum Gasteiger partial charge on any atom is -0.355 e. The van der Waals surface area contributed by atoms with Gasteiger partial charge in [0.1, 0.15) is 11.6 Å². The highest BCUT2D eigenvalue weighted by atomic mass is 79.9. The summed E-state index contributed by atoms with van der Waals surface area (Å²) in [6.07, 6.45) is 2.42. The van der Waals surface area contributed by atoms with Crippen LogP contribution in [-0.2, 0) is 0 Å². The van der Waals surface area contributed by atoms with Crippen LogP contribution in [0.3, 0.4) is 0 Å². The summed E-state index contributed by atoms with van der Waals surface area (Å²) in [6.45, 7) is 5.22. The van der Waals surface area contributed by atoms with Gasteiger partial charge in [-0.05, 0) is 25.1 Å². The number of aromatic nitrogens is 1. The number of hydrogen-bond donors (Lipinski definition) is 0. The van der Waals surface area contributed by atoms with E-state index in [1.165, 1.54) is 12.3 Å². The lowest BCUT2D eigenvalue weighted by atomic mass is 10.3. The maximum Gasteiger partial charge on any atom is 0.141 e. The lowest BCUT2D eigenvalue weighted by Crippen LogP contribution is -2.32. The van der Waals surface area contributed by atoms with Gasteiger partial charge in [0, 0.05) is 31.5 Å². The second-order valence-corrected chi connectivity index (χ2v) is 5.00. The second-order valence-electron chi connectivity index (χ2n) is 4.21. The van der Waals surface area contributed by atoms with Gasteiger partial charge in [0.25, 0.3) is 0 Å². The monoisotopic (exact) mass is 301 g/mol. The molecule has 1 saturated heterocycles. The van der Waals surface area contributed by atoms with Crippen molar-refractivity contribution in [3.63, 3.8) is 0 Å². The number of alkyl halides is 1. The minimum atomic E-state index is -0.274. The summed E-state index contributed by atoms with van der Waals surface area (Å²) in [4.78, 5) is 8.81. The van der Waals surface area contributed by atoms with Crippen LogP contribution >= 0.6 is 15.9 Å². The van der Waals surface area contributed by atoms with Crippen molar-refractivity contribution in [3.05, 3.63) is 24.1 Å². The van der Waals surface area contributed by atoms with Crippen LogP contribution in [0.5, 0.6) is 0 Å². The fourth-order valence-corrected chi connectivity index (χ4v) is 2.60. The second kappa shape index (κ2) is 6.31. The normalized spacial score (nSPS) is 18.1. The molecule has 0 spiro atoms. The van der Waals surface area contributed by atoms with Crippen LogP contribution in [-0.4, -0.2) is 47.9 Å². The SMILES string of the molecule is Fc1ccc(N2CCCN(CCBr)CC2)nc1. The summed E-state index contributed by atoms with van der Waals surface area (Å²) in [5.41, 5.74) is 0. The number of nitrogens with zero attached hydrogens (tertiary/aromatic N) is 3. The Kier molecular flexibility index (Phi) is 4.74. The molecule has 0 atom stereocenters. The number of anilines is 1. The molecule has 0 saturated carbocycles. The molecule has 0 N–H and O–H groups in total. The lowest BCUT2D eigenvalue weighted by Gasteiger charge is -2.22. The molecule has 2 heterocycles. The van der Waals surface area contributed by atoms with Gasteiger partial charge in [0.2, 0.25) is 0 Å². The van der Waals surface area contributed by atoms with E-state index < -0.39 is 0 Å². The Labute approximate surface area is 110 Å². The lowest BCUT2D eigenvalue weighted by molar-refractivity contribution is 0.313. The molecule has 1 aromatic rings. The van der Waals surface area contributed by atoms with Gasteiger partial charge in [-0.2, -0.15) is 0 Å². The molecule has 17 heavy (non-hydrogen) atoms. The van der Waals surface area contributed by atoms with Crippen molar-refractivity contribution in [2.45, 2.75) is 6.42 Å². The first-order chi connectivity index (χ1) is 8.29. The first-order valence-electron chi connectivity index (χ1n) is 5.94. The van der Waals surface area contributed by atoms with E-state index in [0.717, 1.165) is 50.3 Å². The summed E-state index contributed by atoms with van der Waals surface area (Å²) < 4.78 is 12.8. The fourth-order valence-electron chi connectivity index (χ4n) is 2.10. The zero-order valence-corrected chi connectivity index (χ0v) is 11.4. The third-order valence-corrected chi connectivity index (χ3v) is 3.38. The van der Waals surface area contributed by atoms with Gasteiger partial charge >= 0.3 is 0 Å². The molecular formula is C12H17BrFN3. The molecule has 3 nitrogen and oxygen atoms in total. The molecule has 1 aliphatic rings. The number of hydrogen-bond acceptors (Lipinski definition) is 3. The molecule has 2 rings (SSSR count). The van der Waals surface area contributed by atoms with E-state index in [1.54, 1.807) is 6.07 Å². The van der Waals surface area contributed by atoms with Crippen molar-refractivity contribution < 1.29 is 4.39 Å². The Morgan fingerprint density at radius 3 is 2.82 bits per heavy atom. The average Bonchev–Trinajstić information content (AvgIpc) is 2.56. The topological polar surface area (TPSA) is 19.4 Å². The zero-order valence-electron chi connectivity index (χ0n) is 9.78. The van der Waals surface area contributed by atoms with Gasteiger partial charge in [0.15, 0.2) is 0 Å². The van der Waals surface area contributed by atoms with E-state index in [2.05, 4.69) is 30.7 Å². The van der Waals surface area contributed by atoms with Crippen molar-refractivity contribution >= 4 is 21.7 Å². The van der Waals surface area contributed by atoms with E-state index in [-0.39, 0.29) is 5.82 Å². The molecule has 1 fully saturated rings. The molecule has 0 bridgehead atoms. The average molecular weight is 302 g/mol. The van der Waals surface area contributed by atoms with Crippen molar-refractivity contribution in [2.75, 3.05) is 43.0 Å². The van der Waals surface area contributed by atoms with Crippen molar-refractivity contribution in [1.82, 2.24) is 9.88 Å². The van der Waals surface area contributed by atoms with Crippen molar-refractivity contribution in [3.8, 4) is 0 Å². The molecule has 0 aromatic carbocycles. The van der Waals surface area contributed by atoms with E-state index in [1.807, 2.05) is 0 Å². The molecule has 0 amide bonds. The predicted molar refractivity (Wildman–Crippen MR) is 71.3 cm³/mol. The van der Waals surface area contributed by atoms with Crippen molar-refractivity contribution in [1.29, 1.82) is 0 Å². The summed E-state index contributed by atoms with van der Waals surface area (Å²) in [5.74, 6) is 0.608. The molecule has 5 heteroatoms. The number of rotatable bonds is 3. The van der Waals surface area contributed by atoms with Gasteiger partial charge in [-0.3, -0.25) is 0 Å². The fraction of sp³-hybridized carbons (Fsp3) is 0.583. The Morgan fingerprint density at radius 1 is 1.24 bits per heavy atom. The molecule has 0 unspecified atom stereocenters.